The second kappa shape index (κ2) is 22.9. The molecule has 0 aromatic rings. The smallest absolute Gasteiger partial charge is 0.408 e. The first kappa shape index (κ1) is 64.5. The molecule has 0 unspecified atom stereocenters. The molecule has 79 heavy (non-hydrogen) atoms. The quantitative estimate of drug-likeness (QED) is 0.0860. The van der Waals surface area contributed by atoms with Crippen LogP contribution in [0.3, 0.4) is 0 Å². The van der Waals surface area contributed by atoms with E-state index in [1.54, 1.807) is 90.0 Å². The van der Waals surface area contributed by atoms with Crippen molar-refractivity contribution in [2.45, 2.75) is 223 Å². The lowest BCUT2D eigenvalue weighted by molar-refractivity contribution is -0.143. The van der Waals surface area contributed by atoms with E-state index in [-0.39, 0.29) is 38.8 Å². The Balaban J connectivity index is 0.000000291. The molecule has 446 valence electrons. The van der Waals surface area contributed by atoms with Crippen molar-refractivity contribution in [3.63, 3.8) is 0 Å². The van der Waals surface area contributed by atoms with E-state index in [0.29, 0.717) is 38.5 Å². The average molecular weight is 1160 g/mol. The molecule has 6 aliphatic rings. The van der Waals surface area contributed by atoms with Gasteiger partial charge in [0.2, 0.25) is 43.7 Å². The maximum absolute atomic E-state index is 13.7. The van der Waals surface area contributed by atoms with Gasteiger partial charge in [-0.1, -0.05) is 67.5 Å². The van der Waals surface area contributed by atoms with Crippen molar-refractivity contribution >= 4 is 67.7 Å². The fourth-order valence-corrected chi connectivity index (χ4v) is 13.6. The first-order chi connectivity index (χ1) is 36.1. The molecule has 0 aromatic heterocycles. The molecule has 0 radical (unpaired) electrons. The predicted molar refractivity (Wildman–Crippen MR) is 290 cm³/mol. The Labute approximate surface area is 465 Å². The highest BCUT2D eigenvalue weighted by atomic mass is 32.2. The van der Waals surface area contributed by atoms with Gasteiger partial charge in [0, 0.05) is 37.8 Å². The highest BCUT2D eigenvalue weighted by molar-refractivity contribution is 7.92. The van der Waals surface area contributed by atoms with Crippen LogP contribution in [-0.4, -0.2) is 166 Å². The van der Waals surface area contributed by atoms with Gasteiger partial charge in [-0.2, -0.15) is 0 Å². The number of ether oxygens (including phenoxy) is 2. The van der Waals surface area contributed by atoms with E-state index in [0.717, 1.165) is 0 Å². The summed E-state index contributed by atoms with van der Waals surface area (Å²) >= 11 is 0. The third-order valence-corrected chi connectivity index (χ3v) is 20.4. The number of likely N-dealkylation sites (tertiary alicyclic amines) is 2. The van der Waals surface area contributed by atoms with Gasteiger partial charge in [0.1, 0.15) is 40.8 Å². The van der Waals surface area contributed by atoms with Crippen molar-refractivity contribution < 1.29 is 74.9 Å². The van der Waals surface area contributed by atoms with Gasteiger partial charge in [-0.05, 0) is 96.8 Å². The summed E-state index contributed by atoms with van der Waals surface area (Å²) in [5, 5.41) is 31.3. The summed E-state index contributed by atoms with van der Waals surface area (Å²) in [6.45, 7) is 29.5. The van der Waals surface area contributed by atoms with Gasteiger partial charge in [-0.3, -0.25) is 38.2 Å². The largest absolute Gasteiger partial charge is 0.447 e. The first-order valence-corrected chi connectivity index (χ1v) is 30.1. The topological polar surface area (TPSA) is 342 Å². The fourth-order valence-electron chi connectivity index (χ4n) is 10.3. The third-order valence-electron chi connectivity index (χ3n) is 15.8. The van der Waals surface area contributed by atoms with E-state index in [4.69, 9.17) is 9.47 Å². The number of carbonyl (C=O) groups is 8. The highest BCUT2D eigenvalue weighted by Crippen LogP contribution is 2.50. The number of rotatable bonds is 19. The van der Waals surface area contributed by atoms with Crippen LogP contribution in [0.5, 0.6) is 0 Å². The minimum Gasteiger partial charge on any atom is -0.447 e. The van der Waals surface area contributed by atoms with Gasteiger partial charge in [0.15, 0.2) is 0 Å². The molecular formula is C53H86N8O16S2. The Morgan fingerprint density at radius 1 is 0.620 bits per heavy atom. The van der Waals surface area contributed by atoms with Gasteiger partial charge in [0.25, 0.3) is 11.8 Å². The molecule has 6 rings (SSSR count). The number of aliphatic hydroxyl groups excluding tert-OH is 2. The van der Waals surface area contributed by atoms with Crippen LogP contribution in [0.15, 0.2) is 25.3 Å². The molecule has 26 heteroatoms. The van der Waals surface area contributed by atoms with E-state index in [1.165, 1.54) is 22.0 Å². The molecule has 4 saturated carbocycles. The van der Waals surface area contributed by atoms with E-state index in [2.05, 4.69) is 43.9 Å². The van der Waals surface area contributed by atoms with Crippen LogP contribution >= 0.6 is 0 Å². The summed E-state index contributed by atoms with van der Waals surface area (Å²) < 4.78 is 64.4. The molecule has 8 amide bonds. The van der Waals surface area contributed by atoms with Crippen LogP contribution in [0.1, 0.15) is 154 Å². The van der Waals surface area contributed by atoms with Crippen LogP contribution < -0.4 is 30.7 Å². The number of amides is 8. The SMILES string of the molecule is C=C[C@@H]1C[C@]1(NC(=O)[C@@H]1C[C@@H](O)CN1C(=O)[C@@H](NC(=O)OC(C)(C)C)C(C)(C)C)C(=O)NS(=O)(=O)C1(CC)CC1.C=C[C@@H]1C[C@]1(NC(=O)[C@@H]1C[C@@H](O)CN1C(=O)[C@@H](NC(=O)OC(C)C)C(C)(C)C)C(=O)NS(=O)(=O)C1(CC)CC1. The minimum atomic E-state index is -3.95. The number of nitrogens with one attached hydrogen (secondary N) is 6. The molecule has 8 N–H and O–H groups in total. The molecule has 2 aliphatic heterocycles. The molecule has 2 heterocycles. The maximum atomic E-state index is 13.7. The molecular weight excluding hydrogens is 1070 g/mol. The van der Waals surface area contributed by atoms with E-state index < -0.39 is 159 Å². The lowest BCUT2D eigenvalue weighted by atomic mass is 9.85. The van der Waals surface area contributed by atoms with E-state index in [1.807, 2.05) is 0 Å². The first-order valence-electron chi connectivity index (χ1n) is 27.1. The van der Waals surface area contributed by atoms with Gasteiger partial charge < -0.3 is 50.8 Å². The van der Waals surface area contributed by atoms with Crippen molar-refractivity contribution in [3.05, 3.63) is 25.3 Å². The second-order valence-electron chi connectivity index (χ2n) is 25.6. The summed E-state index contributed by atoms with van der Waals surface area (Å²) in [4.78, 5) is 108. The highest BCUT2D eigenvalue weighted by Gasteiger charge is 2.65. The molecule has 2 saturated heterocycles. The molecule has 4 aliphatic carbocycles. The van der Waals surface area contributed by atoms with Crippen molar-refractivity contribution in [1.29, 1.82) is 0 Å². The molecule has 0 spiro atoms. The molecule has 0 aromatic carbocycles. The molecule has 0 bridgehead atoms. The van der Waals surface area contributed by atoms with Crippen molar-refractivity contribution in [1.82, 2.24) is 40.5 Å². The van der Waals surface area contributed by atoms with Crippen LogP contribution in [0.4, 0.5) is 9.59 Å². The van der Waals surface area contributed by atoms with Crippen molar-refractivity contribution in [2.75, 3.05) is 13.1 Å². The zero-order valence-corrected chi connectivity index (χ0v) is 49.7. The molecule has 6 fully saturated rings. The van der Waals surface area contributed by atoms with Crippen LogP contribution in [0.2, 0.25) is 0 Å². The average Bonchev–Trinajstić information content (AvgIpc) is 4.19. The minimum absolute atomic E-state index is 0.0847. The number of sulfonamides is 2. The van der Waals surface area contributed by atoms with E-state index >= 15 is 0 Å². The van der Waals surface area contributed by atoms with Crippen molar-refractivity contribution in [2.24, 2.45) is 22.7 Å². The Bertz CT molecular complexity index is 2650. The van der Waals surface area contributed by atoms with Gasteiger partial charge >= 0.3 is 12.2 Å². The number of hydrogen-bond donors (Lipinski definition) is 8. The normalized spacial score (nSPS) is 28.3. The Morgan fingerprint density at radius 3 is 1.23 bits per heavy atom. The monoisotopic (exact) mass is 1150 g/mol. The third kappa shape index (κ3) is 14.2. The Kier molecular flexibility index (Phi) is 18.7. The lowest BCUT2D eigenvalue weighted by Crippen LogP contribution is -2.60. The summed E-state index contributed by atoms with van der Waals surface area (Å²) in [5.74, 6) is -5.28. The van der Waals surface area contributed by atoms with Gasteiger partial charge in [0.05, 0.1) is 27.8 Å². The van der Waals surface area contributed by atoms with Crippen LogP contribution in [0, 0.1) is 22.7 Å². The number of carbonyl (C=O) groups excluding carboxylic acids is 8. The van der Waals surface area contributed by atoms with Gasteiger partial charge in [-0.15, -0.1) is 13.2 Å². The molecule has 24 nitrogen and oxygen atoms in total. The summed E-state index contributed by atoms with van der Waals surface area (Å²) in [6.07, 6.45) is 1.62. The van der Waals surface area contributed by atoms with Crippen molar-refractivity contribution in [3.8, 4) is 0 Å². The second-order valence-corrected chi connectivity index (χ2v) is 29.7. The maximum Gasteiger partial charge on any atom is 0.408 e. The standard InChI is InChI=1S/C27H44N4O8S.C26H42N4O8S/c1-9-16-14-27(16,22(35)30-40(37,38)26(10-2)11-12-26)29-20(33)18-13-17(32)15-31(18)21(34)19(24(3,4)5)28-23(36)39-25(6,7)8;1-8-16-13-26(16,22(34)29-39(36,37)25(9-2)10-11-25)28-20(32)18-12-17(31)14-30(18)21(33)19(24(5,6)7)27-23(35)38-15(3)4/h9,16-19,32H,1,10-15H2,2-8H3,(H,28,36)(H,29,33)(H,30,35);8,15-19,31H,1,9-14H2,2-7H3,(H,27,35)(H,28,32)(H,29,34)/t16-,17-,18+,19-,27-;16-,17-,18+,19-,26-/m11/s1. The Morgan fingerprint density at radius 2 is 0.962 bits per heavy atom. The number of β-amino-alcohol motifs (C(OH)–C–C–N with tert-alkyl or cyclic N) is 2. The van der Waals surface area contributed by atoms with Gasteiger partial charge in [-0.25, -0.2) is 26.4 Å². The number of alkyl carbamates (subject to hydrolysis) is 2. The lowest BCUT2D eigenvalue weighted by Gasteiger charge is -2.36. The summed E-state index contributed by atoms with van der Waals surface area (Å²) in [6, 6.07) is -4.45. The zero-order valence-electron chi connectivity index (χ0n) is 48.1. The summed E-state index contributed by atoms with van der Waals surface area (Å²) in [5.41, 5.74) is -5.40. The fraction of sp³-hybridized carbons (Fsp3) is 0.774. The van der Waals surface area contributed by atoms with Crippen LogP contribution in [0.25, 0.3) is 0 Å². The number of aliphatic hydroxyl groups is 2. The zero-order chi connectivity index (χ0) is 60.0. The van der Waals surface area contributed by atoms with E-state index in [9.17, 15) is 65.4 Å². The number of hydrogen-bond acceptors (Lipinski definition) is 16. The predicted octanol–water partition coefficient (Wildman–Crippen LogP) is 2.28. The molecule has 10 atom stereocenters. The Hall–Kier alpha value is -5.34. The van der Waals surface area contributed by atoms with Crippen LogP contribution in [-0.2, 0) is 58.3 Å². The number of nitrogens with zero attached hydrogens (tertiary/aromatic N) is 2. The summed E-state index contributed by atoms with van der Waals surface area (Å²) in [7, 11) is -7.90.